The molecule has 7 heteroatoms. The van der Waals surface area contributed by atoms with Gasteiger partial charge in [0.2, 0.25) is 5.28 Å². The standard InChI is InChI=1S/C13H11ClN4OS/c1-2-19-8-3-4-9-10(7-8)17-13(16-9)20-11-5-6-15-12(14)18-11/h3-7H,2H2,1H3,(H,16,17). The first kappa shape index (κ1) is 13.2. The van der Waals surface area contributed by atoms with Gasteiger partial charge in [0.15, 0.2) is 5.16 Å². The van der Waals surface area contributed by atoms with Crippen molar-refractivity contribution in [3.8, 4) is 5.75 Å². The van der Waals surface area contributed by atoms with Crippen LogP contribution in [0.4, 0.5) is 0 Å². The molecule has 0 aliphatic rings. The summed E-state index contributed by atoms with van der Waals surface area (Å²) in [5, 5.41) is 1.72. The highest BCUT2D eigenvalue weighted by atomic mass is 35.5. The predicted molar refractivity (Wildman–Crippen MR) is 78.4 cm³/mol. The van der Waals surface area contributed by atoms with Crippen LogP contribution in [0.25, 0.3) is 11.0 Å². The summed E-state index contributed by atoms with van der Waals surface area (Å²) in [6.45, 7) is 2.60. The van der Waals surface area contributed by atoms with E-state index in [2.05, 4.69) is 19.9 Å². The lowest BCUT2D eigenvalue weighted by Crippen LogP contribution is -1.90. The molecule has 2 heterocycles. The van der Waals surface area contributed by atoms with Crippen LogP contribution in [-0.2, 0) is 0 Å². The number of nitrogens with zero attached hydrogens (tertiary/aromatic N) is 3. The van der Waals surface area contributed by atoms with Gasteiger partial charge in [-0.2, -0.15) is 0 Å². The molecular weight excluding hydrogens is 296 g/mol. The molecule has 0 atom stereocenters. The quantitative estimate of drug-likeness (QED) is 0.590. The second-order valence-corrected chi connectivity index (χ2v) is 5.27. The number of nitrogens with one attached hydrogen (secondary N) is 1. The highest BCUT2D eigenvalue weighted by molar-refractivity contribution is 7.99. The molecule has 3 rings (SSSR count). The second-order valence-electron chi connectivity index (χ2n) is 3.92. The Morgan fingerprint density at radius 3 is 3.00 bits per heavy atom. The van der Waals surface area contributed by atoms with Crippen LogP contribution in [0, 0.1) is 0 Å². The van der Waals surface area contributed by atoms with Crippen LogP contribution >= 0.6 is 23.4 Å². The highest BCUT2D eigenvalue weighted by Crippen LogP contribution is 2.27. The van der Waals surface area contributed by atoms with Gasteiger partial charge in [0.25, 0.3) is 0 Å². The Balaban J connectivity index is 1.89. The summed E-state index contributed by atoms with van der Waals surface area (Å²) in [4.78, 5) is 15.7. The summed E-state index contributed by atoms with van der Waals surface area (Å²) in [6, 6.07) is 7.55. The van der Waals surface area contributed by atoms with Crippen LogP contribution in [-0.4, -0.2) is 26.5 Å². The zero-order valence-corrected chi connectivity index (χ0v) is 12.2. The molecule has 20 heavy (non-hydrogen) atoms. The number of hydrogen-bond acceptors (Lipinski definition) is 5. The third kappa shape index (κ3) is 2.86. The van der Waals surface area contributed by atoms with Gasteiger partial charge in [-0.1, -0.05) is 0 Å². The Bertz CT molecular complexity index is 746. The smallest absolute Gasteiger partial charge is 0.223 e. The van der Waals surface area contributed by atoms with Gasteiger partial charge in [-0.3, -0.25) is 0 Å². The van der Waals surface area contributed by atoms with Crippen LogP contribution < -0.4 is 4.74 Å². The molecule has 1 N–H and O–H groups in total. The maximum atomic E-state index is 5.76. The minimum Gasteiger partial charge on any atom is -0.494 e. The lowest BCUT2D eigenvalue weighted by atomic mass is 10.3. The largest absolute Gasteiger partial charge is 0.494 e. The van der Waals surface area contributed by atoms with E-state index in [1.165, 1.54) is 11.8 Å². The van der Waals surface area contributed by atoms with E-state index in [0.717, 1.165) is 27.0 Å². The third-order valence-electron chi connectivity index (χ3n) is 2.54. The second kappa shape index (κ2) is 5.68. The van der Waals surface area contributed by atoms with Crippen molar-refractivity contribution in [3.63, 3.8) is 0 Å². The number of H-pyrrole nitrogens is 1. The summed E-state index contributed by atoms with van der Waals surface area (Å²) < 4.78 is 5.46. The minimum atomic E-state index is 0.227. The van der Waals surface area contributed by atoms with Crippen LogP contribution in [0.1, 0.15) is 6.92 Å². The lowest BCUT2D eigenvalue weighted by molar-refractivity contribution is 0.340. The minimum absolute atomic E-state index is 0.227. The normalized spacial score (nSPS) is 10.9. The Morgan fingerprint density at radius 1 is 1.30 bits per heavy atom. The van der Waals surface area contributed by atoms with E-state index in [-0.39, 0.29) is 5.28 Å². The predicted octanol–water partition coefficient (Wildman–Crippen LogP) is 3.56. The highest BCUT2D eigenvalue weighted by Gasteiger charge is 2.07. The van der Waals surface area contributed by atoms with Gasteiger partial charge in [-0.05, 0) is 48.5 Å². The fourth-order valence-corrected chi connectivity index (χ4v) is 2.71. The van der Waals surface area contributed by atoms with E-state index in [1.807, 2.05) is 25.1 Å². The molecule has 0 spiro atoms. The monoisotopic (exact) mass is 306 g/mol. The Kier molecular flexibility index (Phi) is 3.75. The fourth-order valence-electron chi connectivity index (χ4n) is 1.75. The summed E-state index contributed by atoms with van der Waals surface area (Å²) in [7, 11) is 0. The number of imidazole rings is 1. The molecule has 0 fully saturated rings. The van der Waals surface area contributed by atoms with Crippen molar-refractivity contribution in [1.82, 2.24) is 19.9 Å². The van der Waals surface area contributed by atoms with E-state index in [4.69, 9.17) is 16.3 Å². The number of aromatic amines is 1. The molecule has 0 saturated carbocycles. The number of fused-ring (bicyclic) bond motifs is 1. The molecule has 102 valence electrons. The molecule has 0 radical (unpaired) electrons. The number of benzene rings is 1. The van der Waals surface area contributed by atoms with E-state index in [9.17, 15) is 0 Å². The van der Waals surface area contributed by atoms with Crippen molar-refractivity contribution < 1.29 is 4.74 Å². The maximum Gasteiger partial charge on any atom is 0.223 e. The molecule has 0 amide bonds. The van der Waals surface area contributed by atoms with Gasteiger partial charge < -0.3 is 9.72 Å². The topological polar surface area (TPSA) is 63.7 Å². The van der Waals surface area contributed by atoms with Crippen molar-refractivity contribution in [1.29, 1.82) is 0 Å². The molecule has 0 saturated heterocycles. The maximum absolute atomic E-state index is 5.76. The van der Waals surface area contributed by atoms with Gasteiger partial charge in [-0.15, -0.1) is 0 Å². The molecule has 3 aromatic rings. The van der Waals surface area contributed by atoms with E-state index in [1.54, 1.807) is 12.3 Å². The Morgan fingerprint density at radius 2 is 2.20 bits per heavy atom. The molecule has 5 nitrogen and oxygen atoms in total. The number of ether oxygens (including phenoxy) is 1. The lowest BCUT2D eigenvalue weighted by Gasteiger charge is -2.00. The van der Waals surface area contributed by atoms with Gasteiger partial charge in [0.05, 0.1) is 17.6 Å². The zero-order chi connectivity index (χ0) is 13.9. The molecule has 0 aliphatic carbocycles. The van der Waals surface area contributed by atoms with E-state index in [0.29, 0.717) is 6.61 Å². The number of rotatable bonds is 4. The van der Waals surface area contributed by atoms with Crippen LogP contribution in [0.5, 0.6) is 5.75 Å². The molecule has 2 aromatic heterocycles. The summed E-state index contributed by atoms with van der Waals surface area (Å²) >= 11 is 7.17. The van der Waals surface area contributed by atoms with Gasteiger partial charge in [0, 0.05) is 12.3 Å². The van der Waals surface area contributed by atoms with Gasteiger partial charge >= 0.3 is 0 Å². The first-order valence-electron chi connectivity index (χ1n) is 6.03. The van der Waals surface area contributed by atoms with E-state index < -0.39 is 0 Å². The van der Waals surface area contributed by atoms with Gasteiger partial charge in [0.1, 0.15) is 10.8 Å². The van der Waals surface area contributed by atoms with Crippen molar-refractivity contribution in [2.75, 3.05) is 6.61 Å². The Hall–Kier alpha value is -1.79. The summed E-state index contributed by atoms with van der Waals surface area (Å²) in [6.07, 6.45) is 1.62. The van der Waals surface area contributed by atoms with Crippen molar-refractivity contribution in [2.24, 2.45) is 0 Å². The third-order valence-corrected chi connectivity index (χ3v) is 3.55. The number of hydrogen-bond donors (Lipinski definition) is 1. The molecular formula is C13H11ClN4OS. The van der Waals surface area contributed by atoms with Crippen molar-refractivity contribution in [3.05, 3.63) is 35.7 Å². The zero-order valence-electron chi connectivity index (χ0n) is 10.6. The van der Waals surface area contributed by atoms with Crippen LogP contribution in [0.3, 0.4) is 0 Å². The first-order valence-corrected chi connectivity index (χ1v) is 7.23. The van der Waals surface area contributed by atoms with E-state index >= 15 is 0 Å². The summed E-state index contributed by atoms with van der Waals surface area (Å²) in [5.41, 5.74) is 1.81. The molecule has 0 bridgehead atoms. The Labute approximate surface area is 124 Å². The van der Waals surface area contributed by atoms with Crippen LogP contribution in [0.15, 0.2) is 40.6 Å². The fraction of sp³-hybridized carbons (Fsp3) is 0.154. The average Bonchev–Trinajstić information content (AvgIpc) is 2.80. The van der Waals surface area contributed by atoms with Crippen molar-refractivity contribution >= 4 is 34.4 Å². The molecule has 0 aliphatic heterocycles. The van der Waals surface area contributed by atoms with Crippen LogP contribution in [0.2, 0.25) is 5.28 Å². The number of halogens is 1. The van der Waals surface area contributed by atoms with Crippen molar-refractivity contribution in [2.45, 2.75) is 17.1 Å². The summed E-state index contributed by atoms with van der Waals surface area (Å²) in [5.74, 6) is 0.824. The SMILES string of the molecule is CCOc1ccc2nc(Sc3ccnc(Cl)n3)[nH]c2c1. The first-order chi connectivity index (χ1) is 9.74. The van der Waals surface area contributed by atoms with Gasteiger partial charge in [-0.25, -0.2) is 15.0 Å². The number of aromatic nitrogens is 4. The average molecular weight is 307 g/mol. The molecule has 0 unspecified atom stereocenters. The molecule has 1 aromatic carbocycles.